The smallest absolute Gasteiger partial charge is 0.126 e. The maximum absolute atomic E-state index is 5.98. The second kappa shape index (κ2) is 3.50. The first-order chi connectivity index (χ1) is 6.76. The molecule has 2 rings (SSSR count). The van der Waals surface area contributed by atoms with Gasteiger partial charge in [-0.05, 0) is 30.0 Å². The molecule has 0 aromatic heterocycles. The van der Waals surface area contributed by atoms with Crippen LogP contribution in [0.3, 0.4) is 0 Å². The maximum Gasteiger partial charge on any atom is 0.126 e. The Bertz CT molecular complexity index is 349. The quantitative estimate of drug-likeness (QED) is 0.776. The molecular weight excluding hydrogens is 178 g/mol. The Labute approximate surface area is 83.8 Å². The average Bonchev–Trinajstić information content (AvgIpc) is 2.59. The normalized spacial score (nSPS) is 19.2. The predicted molar refractivity (Wildman–Crippen MR) is 54.8 cm³/mol. The molecule has 3 nitrogen and oxygen atoms in total. The van der Waals surface area contributed by atoms with E-state index in [-0.39, 0.29) is 6.04 Å². The van der Waals surface area contributed by atoms with Crippen molar-refractivity contribution in [2.75, 3.05) is 14.2 Å². The van der Waals surface area contributed by atoms with Crippen molar-refractivity contribution in [2.24, 2.45) is 5.73 Å². The third kappa shape index (κ3) is 1.34. The molecule has 0 bridgehead atoms. The molecule has 76 valence electrons. The minimum Gasteiger partial charge on any atom is -0.497 e. The molecule has 0 saturated heterocycles. The van der Waals surface area contributed by atoms with Crippen LogP contribution in [0.5, 0.6) is 11.5 Å². The lowest BCUT2D eigenvalue weighted by Crippen LogP contribution is -2.05. The summed E-state index contributed by atoms with van der Waals surface area (Å²) in [5.74, 6) is 1.71. The Morgan fingerprint density at radius 1 is 1.29 bits per heavy atom. The van der Waals surface area contributed by atoms with E-state index in [1.165, 1.54) is 11.1 Å². The maximum atomic E-state index is 5.98. The van der Waals surface area contributed by atoms with Gasteiger partial charge in [-0.1, -0.05) is 0 Å². The topological polar surface area (TPSA) is 44.5 Å². The van der Waals surface area contributed by atoms with Crippen LogP contribution in [0.4, 0.5) is 0 Å². The summed E-state index contributed by atoms with van der Waals surface area (Å²) in [7, 11) is 3.33. The van der Waals surface area contributed by atoms with E-state index >= 15 is 0 Å². The van der Waals surface area contributed by atoms with Gasteiger partial charge in [0.25, 0.3) is 0 Å². The number of rotatable bonds is 2. The molecule has 1 atom stereocenters. The zero-order valence-electron chi connectivity index (χ0n) is 8.54. The van der Waals surface area contributed by atoms with Crippen molar-refractivity contribution in [1.29, 1.82) is 0 Å². The van der Waals surface area contributed by atoms with E-state index in [0.717, 1.165) is 24.3 Å². The number of methoxy groups -OCH3 is 2. The van der Waals surface area contributed by atoms with E-state index in [0.29, 0.717) is 0 Å². The largest absolute Gasteiger partial charge is 0.497 e. The molecule has 0 radical (unpaired) electrons. The summed E-state index contributed by atoms with van der Waals surface area (Å²) in [4.78, 5) is 0. The van der Waals surface area contributed by atoms with Crippen LogP contribution in [0.2, 0.25) is 0 Å². The molecule has 0 fully saturated rings. The number of nitrogens with two attached hydrogens (primary N) is 1. The zero-order chi connectivity index (χ0) is 10.1. The van der Waals surface area contributed by atoms with Crippen LogP contribution in [0.15, 0.2) is 12.1 Å². The molecule has 1 aliphatic rings. The number of ether oxygens (including phenoxy) is 2. The standard InChI is InChI=1S/C11H15NO2/c1-13-7-5-9-8(3-4-10(9)12)11(6-7)14-2/h5-6,10H,3-4,12H2,1-2H3/t10-/m0/s1. The highest BCUT2D eigenvalue weighted by Crippen LogP contribution is 2.38. The van der Waals surface area contributed by atoms with Gasteiger partial charge < -0.3 is 15.2 Å². The summed E-state index contributed by atoms with van der Waals surface area (Å²) >= 11 is 0. The Hall–Kier alpha value is -1.22. The van der Waals surface area contributed by atoms with Crippen molar-refractivity contribution in [3.05, 3.63) is 23.3 Å². The molecule has 0 spiro atoms. The van der Waals surface area contributed by atoms with Crippen LogP contribution in [0.25, 0.3) is 0 Å². The highest BCUT2D eigenvalue weighted by atomic mass is 16.5. The molecule has 1 aromatic rings. The predicted octanol–water partition coefficient (Wildman–Crippen LogP) is 1.65. The first kappa shape index (κ1) is 9.34. The van der Waals surface area contributed by atoms with Gasteiger partial charge in [0.2, 0.25) is 0 Å². The van der Waals surface area contributed by atoms with E-state index in [1.54, 1.807) is 14.2 Å². The van der Waals surface area contributed by atoms with Gasteiger partial charge in [0.15, 0.2) is 0 Å². The number of benzene rings is 1. The van der Waals surface area contributed by atoms with Crippen molar-refractivity contribution < 1.29 is 9.47 Å². The van der Waals surface area contributed by atoms with Crippen molar-refractivity contribution in [3.8, 4) is 11.5 Å². The summed E-state index contributed by atoms with van der Waals surface area (Å²) in [5, 5.41) is 0. The first-order valence-corrected chi connectivity index (χ1v) is 4.76. The van der Waals surface area contributed by atoms with Crippen LogP contribution in [-0.2, 0) is 6.42 Å². The average molecular weight is 193 g/mol. The summed E-state index contributed by atoms with van der Waals surface area (Å²) in [6.45, 7) is 0. The molecular formula is C11H15NO2. The molecule has 0 aliphatic heterocycles. The molecule has 1 aliphatic carbocycles. The first-order valence-electron chi connectivity index (χ1n) is 4.76. The molecule has 2 N–H and O–H groups in total. The molecule has 0 heterocycles. The van der Waals surface area contributed by atoms with Crippen molar-refractivity contribution in [2.45, 2.75) is 18.9 Å². The molecule has 1 aromatic carbocycles. The summed E-state index contributed by atoms with van der Waals surface area (Å²) in [6, 6.07) is 4.06. The Balaban J connectivity index is 2.52. The highest BCUT2D eigenvalue weighted by Gasteiger charge is 2.23. The van der Waals surface area contributed by atoms with Crippen molar-refractivity contribution >= 4 is 0 Å². The molecule has 0 saturated carbocycles. The number of hydrogen-bond acceptors (Lipinski definition) is 3. The van der Waals surface area contributed by atoms with Gasteiger partial charge >= 0.3 is 0 Å². The number of hydrogen-bond donors (Lipinski definition) is 1. The van der Waals surface area contributed by atoms with E-state index in [1.807, 2.05) is 12.1 Å². The molecule has 14 heavy (non-hydrogen) atoms. The van der Waals surface area contributed by atoms with Crippen molar-refractivity contribution in [3.63, 3.8) is 0 Å². The Morgan fingerprint density at radius 3 is 2.71 bits per heavy atom. The summed E-state index contributed by atoms with van der Waals surface area (Å²) in [5.41, 5.74) is 8.39. The van der Waals surface area contributed by atoms with Gasteiger partial charge in [0.1, 0.15) is 11.5 Å². The summed E-state index contributed by atoms with van der Waals surface area (Å²) < 4.78 is 10.5. The fourth-order valence-corrected chi connectivity index (χ4v) is 1.99. The van der Waals surface area contributed by atoms with E-state index in [2.05, 4.69) is 0 Å². The Kier molecular flexibility index (Phi) is 2.33. The third-order valence-corrected chi connectivity index (χ3v) is 2.78. The fourth-order valence-electron chi connectivity index (χ4n) is 1.99. The van der Waals surface area contributed by atoms with Crippen molar-refractivity contribution in [1.82, 2.24) is 0 Å². The van der Waals surface area contributed by atoms with Gasteiger partial charge in [-0.15, -0.1) is 0 Å². The number of fused-ring (bicyclic) bond motifs is 1. The van der Waals surface area contributed by atoms with Crippen LogP contribution < -0.4 is 15.2 Å². The Morgan fingerprint density at radius 2 is 2.07 bits per heavy atom. The van der Waals surface area contributed by atoms with E-state index in [4.69, 9.17) is 15.2 Å². The second-order valence-electron chi connectivity index (χ2n) is 3.54. The van der Waals surface area contributed by atoms with Crippen LogP contribution in [-0.4, -0.2) is 14.2 Å². The molecule has 3 heteroatoms. The van der Waals surface area contributed by atoms with Gasteiger partial charge in [-0.2, -0.15) is 0 Å². The fraction of sp³-hybridized carbons (Fsp3) is 0.455. The minimum absolute atomic E-state index is 0.133. The lowest BCUT2D eigenvalue weighted by atomic mass is 10.1. The highest BCUT2D eigenvalue weighted by molar-refractivity contribution is 5.50. The van der Waals surface area contributed by atoms with Gasteiger partial charge in [0, 0.05) is 12.1 Å². The van der Waals surface area contributed by atoms with Crippen LogP contribution in [0.1, 0.15) is 23.6 Å². The monoisotopic (exact) mass is 193 g/mol. The van der Waals surface area contributed by atoms with E-state index < -0.39 is 0 Å². The van der Waals surface area contributed by atoms with Gasteiger partial charge in [-0.3, -0.25) is 0 Å². The second-order valence-corrected chi connectivity index (χ2v) is 3.54. The van der Waals surface area contributed by atoms with Gasteiger partial charge in [-0.25, -0.2) is 0 Å². The lowest BCUT2D eigenvalue weighted by Gasteiger charge is -2.11. The SMILES string of the molecule is COc1cc(OC)c2c(c1)[C@@H](N)CC2. The molecule has 0 amide bonds. The minimum atomic E-state index is 0.133. The molecule has 0 unspecified atom stereocenters. The van der Waals surface area contributed by atoms with Crippen LogP contribution >= 0.6 is 0 Å². The third-order valence-electron chi connectivity index (χ3n) is 2.78. The van der Waals surface area contributed by atoms with Gasteiger partial charge in [0.05, 0.1) is 14.2 Å². The summed E-state index contributed by atoms with van der Waals surface area (Å²) in [6.07, 6.45) is 2.00. The zero-order valence-corrected chi connectivity index (χ0v) is 8.54. The van der Waals surface area contributed by atoms with Crippen LogP contribution in [0, 0.1) is 0 Å². The van der Waals surface area contributed by atoms with E-state index in [9.17, 15) is 0 Å². The lowest BCUT2D eigenvalue weighted by molar-refractivity contribution is 0.391.